The molecule has 0 unspecified atom stereocenters. The Morgan fingerprint density at radius 3 is 2.40 bits per heavy atom. The van der Waals surface area contributed by atoms with Crippen LogP contribution >= 0.6 is 35.6 Å². The van der Waals surface area contributed by atoms with Gasteiger partial charge in [0.1, 0.15) is 0 Å². The van der Waals surface area contributed by atoms with Crippen molar-refractivity contribution < 1.29 is 19.5 Å². The molecule has 0 spiro atoms. The van der Waals surface area contributed by atoms with Crippen LogP contribution < -0.4 is 5.43 Å². The summed E-state index contributed by atoms with van der Waals surface area (Å²) in [4.78, 5) is 37.2. The van der Waals surface area contributed by atoms with Crippen molar-refractivity contribution in [1.82, 2.24) is 15.0 Å². The topological polar surface area (TPSA) is 91.6 Å². The van der Waals surface area contributed by atoms with E-state index in [2.05, 4.69) is 5.43 Å². The maximum atomic E-state index is 13.0. The van der Waals surface area contributed by atoms with E-state index in [0.717, 1.165) is 45.0 Å². The Bertz CT molecular complexity index is 1430. The summed E-state index contributed by atoms with van der Waals surface area (Å²) in [5.74, 6) is -1.96. The number of thioether (sulfide) groups is 1. The Kier molecular flexibility index (Phi) is 6.84. The van der Waals surface area contributed by atoms with Crippen molar-refractivity contribution in [3.63, 3.8) is 0 Å². The molecule has 2 amide bonds. The summed E-state index contributed by atoms with van der Waals surface area (Å²) in [5, 5.41) is 10.5. The first-order valence-corrected chi connectivity index (χ1v) is 12.0. The minimum Gasteiger partial charge on any atom is -0.478 e. The van der Waals surface area contributed by atoms with Gasteiger partial charge in [-0.15, -0.1) is 0 Å². The molecule has 1 aliphatic rings. The molecule has 7 nitrogen and oxygen atoms in total. The number of amides is 2. The first kappa shape index (κ1) is 24.7. The van der Waals surface area contributed by atoms with Crippen LogP contribution in [0.2, 0.25) is 5.02 Å². The second-order valence-corrected chi connectivity index (χ2v) is 10.0. The lowest BCUT2D eigenvalue weighted by molar-refractivity contribution is -0.123. The summed E-state index contributed by atoms with van der Waals surface area (Å²) >= 11 is 12.6. The fourth-order valence-corrected chi connectivity index (χ4v) is 5.25. The fourth-order valence-electron chi connectivity index (χ4n) is 3.76. The number of benzene rings is 2. The monoisotopic (exact) mass is 525 g/mol. The van der Waals surface area contributed by atoms with Gasteiger partial charge in [0.25, 0.3) is 11.8 Å². The number of nitrogens with zero attached hydrogens (tertiary/aromatic N) is 2. The number of hydrogen-bond acceptors (Lipinski definition) is 5. The number of aryl methyl sites for hydroxylation is 2. The number of thiocarbonyl (C=S) groups is 1. The molecule has 2 aromatic carbocycles. The number of aromatic nitrogens is 1. The Labute approximate surface area is 216 Å². The van der Waals surface area contributed by atoms with Crippen molar-refractivity contribution in [3.05, 3.63) is 92.1 Å². The lowest BCUT2D eigenvalue weighted by atomic mass is 10.1. The third-order valence-electron chi connectivity index (χ3n) is 5.51. The van der Waals surface area contributed by atoms with Gasteiger partial charge >= 0.3 is 5.97 Å². The zero-order valence-corrected chi connectivity index (χ0v) is 21.3. The van der Waals surface area contributed by atoms with Crippen LogP contribution in [0.4, 0.5) is 0 Å². The van der Waals surface area contributed by atoms with Gasteiger partial charge in [0.2, 0.25) is 0 Å². The number of aromatic carboxylic acids is 1. The van der Waals surface area contributed by atoms with Gasteiger partial charge in [0, 0.05) is 17.1 Å². The molecule has 3 aromatic rings. The molecule has 0 atom stereocenters. The van der Waals surface area contributed by atoms with Crippen LogP contribution in [-0.2, 0) is 4.79 Å². The molecular weight excluding hydrogens is 506 g/mol. The molecule has 0 saturated carbocycles. The van der Waals surface area contributed by atoms with Crippen LogP contribution in [0.1, 0.15) is 43.2 Å². The van der Waals surface area contributed by atoms with Gasteiger partial charge in [-0.05, 0) is 92.7 Å². The largest absolute Gasteiger partial charge is 0.478 e. The van der Waals surface area contributed by atoms with E-state index in [1.165, 1.54) is 0 Å². The summed E-state index contributed by atoms with van der Waals surface area (Å²) in [6.45, 7) is 5.69. The van der Waals surface area contributed by atoms with Gasteiger partial charge < -0.3 is 9.67 Å². The van der Waals surface area contributed by atoms with Crippen molar-refractivity contribution in [2.75, 3.05) is 0 Å². The van der Waals surface area contributed by atoms with Gasteiger partial charge in [0.05, 0.1) is 21.1 Å². The van der Waals surface area contributed by atoms with Crippen LogP contribution in [0.3, 0.4) is 0 Å². The third-order valence-corrected chi connectivity index (χ3v) is 7.12. The fraction of sp³-hybridized carbons (Fsp3) is 0.120. The number of nitrogens with one attached hydrogen (secondary N) is 1. The molecule has 10 heteroatoms. The Hall–Kier alpha value is -3.40. The highest BCUT2D eigenvalue weighted by Gasteiger charge is 2.34. The normalized spacial score (nSPS) is 14.6. The number of hydrogen-bond donors (Lipinski definition) is 2. The van der Waals surface area contributed by atoms with E-state index >= 15 is 0 Å². The molecule has 0 radical (unpaired) electrons. The highest BCUT2D eigenvalue weighted by Crippen LogP contribution is 2.33. The zero-order chi connectivity index (χ0) is 25.4. The first-order chi connectivity index (χ1) is 16.6. The average Bonchev–Trinajstić information content (AvgIpc) is 3.22. The van der Waals surface area contributed by atoms with Crippen molar-refractivity contribution in [1.29, 1.82) is 0 Å². The molecule has 1 fully saturated rings. The molecule has 1 aliphatic heterocycles. The molecule has 1 saturated heterocycles. The Morgan fingerprint density at radius 1 is 1.09 bits per heavy atom. The van der Waals surface area contributed by atoms with Gasteiger partial charge in [0.15, 0.2) is 4.32 Å². The lowest BCUT2D eigenvalue weighted by Crippen LogP contribution is -2.44. The number of halogens is 1. The summed E-state index contributed by atoms with van der Waals surface area (Å²) in [5.41, 5.74) is 7.29. The van der Waals surface area contributed by atoms with Gasteiger partial charge in [-0.2, -0.15) is 5.01 Å². The minimum atomic E-state index is -0.989. The molecule has 1 aromatic heterocycles. The van der Waals surface area contributed by atoms with E-state index in [1.54, 1.807) is 48.5 Å². The van der Waals surface area contributed by atoms with Crippen LogP contribution in [0, 0.1) is 20.8 Å². The first-order valence-electron chi connectivity index (χ1n) is 10.4. The van der Waals surface area contributed by atoms with E-state index < -0.39 is 17.8 Å². The van der Waals surface area contributed by atoms with Crippen molar-refractivity contribution >= 4 is 63.8 Å². The van der Waals surface area contributed by atoms with Gasteiger partial charge in [-0.1, -0.05) is 29.4 Å². The third kappa shape index (κ3) is 4.88. The number of carbonyl (C=O) groups excluding carboxylic acids is 2. The molecular formula is C25H20ClN3O4S2. The second kappa shape index (κ2) is 9.69. The highest BCUT2D eigenvalue weighted by molar-refractivity contribution is 8.26. The van der Waals surface area contributed by atoms with Crippen LogP contribution in [0.5, 0.6) is 0 Å². The predicted molar refractivity (Wildman–Crippen MR) is 141 cm³/mol. The number of carboxylic acids is 1. The summed E-state index contributed by atoms with van der Waals surface area (Å²) in [7, 11) is 0. The van der Waals surface area contributed by atoms with E-state index in [-0.39, 0.29) is 20.5 Å². The quantitative estimate of drug-likeness (QED) is 0.347. The van der Waals surface area contributed by atoms with Crippen LogP contribution in [0.25, 0.3) is 11.8 Å². The number of carboxylic acid groups (broad SMARTS) is 1. The number of hydrazine groups is 1. The summed E-state index contributed by atoms with van der Waals surface area (Å²) < 4.78 is 2.18. The summed E-state index contributed by atoms with van der Waals surface area (Å²) in [6, 6.07) is 13.5. The minimum absolute atomic E-state index is 0.203. The molecule has 0 bridgehead atoms. The maximum absolute atomic E-state index is 13.0. The average molecular weight is 526 g/mol. The maximum Gasteiger partial charge on any atom is 0.335 e. The van der Waals surface area contributed by atoms with E-state index in [0.29, 0.717) is 4.91 Å². The standard InChI is InChI=1S/C25H20ClN3O4S2/c1-13-4-9-19(20(26)10-13)22(30)27-29-23(31)21(35-25(29)34)12-17-11-14(2)28(15(17)3)18-7-5-16(6-8-18)24(32)33/h4-12H,1-3H3,(H,27,30)(H,32,33)/b21-12+. The molecule has 178 valence electrons. The molecule has 4 rings (SSSR count). The molecule has 2 heterocycles. The van der Waals surface area contributed by atoms with Crippen LogP contribution in [-0.4, -0.2) is 36.8 Å². The highest BCUT2D eigenvalue weighted by atomic mass is 35.5. The van der Waals surface area contributed by atoms with E-state index in [9.17, 15) is 14.4 Å². The molecule has 2 N–H and O–H groups in total. The van der Waals surface area contributed by atoms with Gasteiger partial charge in [-0.25, -0.2) is 4.79 Å². The van der Waals surface area contributed by atoms with Crippen molar-refractivity contribution in [2.24, 2.45) is 0 Å². The SMILES string of the molecule is Cc1ccc(C(=O)NN2C(=O)/C(=C\c3cc(C)n(-c4ccc(C(=O)O)cc4)c3C)SC2=S)c(Cl)c1. The van der Waals surface area contributed by atoms with E-state index in [4.69, 9.17) is 28.9 Å². The number of rotatable bonds is 5. The van der Waals surface area contributed by atoms with E-state index in [1.807, 2.05) is 31.4 Å². The smallest absolute Gasteiger partial charge is 0.335 e. The lowest BCUT2D eigenvalue weighted by Gasteiger charge is -2.16. The van der Waals surface area contributed by atoms with Crippen molar-refractivity contribution in [3.8, 4) is 5.69 Å². The van der Waals surface area contributed by atoms with Gasteiger partial charge in [-0.3, -0.25) is 15.0 Å². The Morgan fingerprint density at radius 2 is 1.77 bits per heavy atom. The zero-order valence-electron chi connectivity index (χ0n) is 19.0. The molecule has 35 heavy (non-hydrogen) atoms. The van der Waals surface area contributed by atoms with Crippen molar-refractivity contribution in [2.45, 2.75) is 20.8 Å². The number of carbonyl (C=O) groups is 3. The van der Waals surface area contributed by atoms with Crippen LogP contribution in [0.15, 0.2) is 53.4 Å². The second-order valence-electron chi connectivity index (χ2n) is 7.96. The Balaban J connectivity index is 1.58. The molecule has 0 aliphatic carbocycles. The predicted octanol–water partition coefficient (Wildman–Crippen LogP) is 5.30. The summed E-state index contributed by atoms with van der Waals surface area (Å²) in [6.07, 6.45) is 1.73.